The number of hydrogen-bond acceptors (Lipinski definition) is 5. The highest BCUT2D eigenvalue weighted by Crippen LogP contribution is 2.12. The molecule has 3 N–H and O–H groups in total. The van der Waals surface area contributed by atoms with Crippen molar-refractivity contribution in [3.63, 3.8) is 0 Å². The van der Waals surface area contributed by atoms with Crippen molar-refractivity contribution in [1.82, 2.24) is 9.13 Å². The Balaban J connectivity index is 2.19. The summed E-state index contributed by atoms with van der Waals surface area (Å²) in [6, 6.07) is 9.52. The number of anilines is 2. The average molecular weight is 346 g/mol. The predicted molar refractivity (Wildman–Crippen MR) is 100 cm³/mol. The first-order valence-electron chi connectivity index (χ1n) is 8.51. The average Bonchev–Trinajstić information content (AvgIpc) is 2.63. The van der Waals surface area contributed by atoms with E-state index in [1.807, 2.05) is 30.3 Å². The minimum absolute atomic E-state index is 0.159. The molecular formula is C18H26N4O3. The summed E-state index contributed by atoms with van der Waals surface area (Å²) < 4.78 is 7.90. The molecule has 0 radical (unpaired) electrons. The molecule has 0 saturated carbocycles. The summed E-state index contributed by atoms with van der Waals surface area (Å²) in [5, 5.41) is 3.05. The van der Waals surface area contributed by atoms with Crippen LogP contribution < -0.4 is 22.3 Å². The molecule has 1 heterocycles. The molecule has 1 aromatic carbocycles. The Morgan fingerprint density at radius 1 is 1.16 bits per heavy atom. The van der Waals surface area contributed by atoms with Gasteiger partial charge in [0, 0.05) is 26.8 Å². The number of hydrogen-bond donors (Lipinski definition) is 2. The smallest absolute Gasteiger partial charge is 0.332 e. The van der Waals surface area contributed by atoms with E-state index in [-0.39, 0.29) is 11.5 Å². The van der Waals surface area contributed by atoms with Crippen LogP contribution in [0.2, 0.25) is 0 Å². The topological polar surface area (TPSA) is 91.3 Å². The fourth-order valence-corrected chi connectivity index (χ4v) is 2.50. The van der Waals surface area contributed by atoms with E-state index in [0.717, 1.165) is 29.6 Å². The van der Waals surface area contributed by atoms with Gasteiger partial charge in [-0.2, -0.15) is 0 Å². The van der Waals surface area contributed by atoms with E-state index in [2.05, 4.69) is 12.2 Å². The van der Waals surface area contributed by atoms with Crippen molar-refractivity contribution in [1.29, 1.82) is 0 Å². The number of nitrogens with one attached hydrogen (secondary N) is 1. The first-order chi connectivity index (χ1) is 12.1. The van der Waals surface area contributed by atoms with Crippen molar-refractivity contribution in [2.24, 2.45) is 7.05 Å². The molecule has 136 valence electrons. The van der Waals surface area contributed by atoms with Crippen LogP contribution in [0.4, 0.5) is 11.5 Å². The van der Waals surface area contributed by atoms with Crippen LogP contribution in [0.1, 0.15) is 25.3 Å². The van der Waals surface area contributed by atoms with Gasteiger partial charge in [0.05, 0.1) is 6.54 Å². The molecule has 0 atom stereocenters. The third kappa shape index (κ3) is 4.73. The van der Waals surface area contributed by atoms with E-state index in [4.69, 9.17) is 10.5 Å². The van der Waals surface area contributed by atoms with Gasteiger partial charge in [-0.15, -0.1) is 0 Å². The SMILES string of the molecule is CCCOCCCNc1c(N)n(Cc2ccccc2)c(=O)n(C)c1=O. The van der Waals surface area contributed by atoms with Gasteiger partial charge in [-0.3, -0.25) is 13.9 Å². The van der Waals surface area contributed by atoms with Gasteiger partial charge in [-0.05, 0) is 18.4 Å². The second kappa shape index (κ2) is 9.08. The Morgan fingerprint density at radius 3 is 2.56 bits per heavy atom. The predicted octanol–water partition coefficient (Wildman–Crippen LogP) is 1.41. The van der Waals surface area contributed by atoms with E-state index in [1.165, 1.54) is 11.6 Å². The molecule has 0 amide bonds. The van der Waals surface area contributed by atoms with Crippen LogP contribution >= 0.6 is 0 Å². The molecule has 1 aromatic heterocycles. The van der Waals surface area contributed by atoms with Crippen molar-refractivity contribution in [3.8, 4) is 0 Å². The van der Waals surface area contributed by atoms with Gasteiger partial charge in [0.15, 0.2) is 0 Å². The number of aromatic nitrogens is 2. The fraction of sp³-hybridized carbons (Fsp3) is 0.444. The molecule has 0 aliphatic heterocycles. The Bertz CT molecular complexity index is 796. The zero-order valence-electron chi connectivity index (χ0n) is 14.8. The quantitative estimate of drug-likeness (QED) is 0.670. The maximum absolute atomic E-state index is 12.4. The van der Waals surface area contributed by atoms with Gasteiger partial charge in [-0.25, -0.2) is 4.79 Å². The van der Waals surface area contributed by atoms with Crippen molar-refractivity contribution >= 4 is 11.5 Å². The van der Waals surface area contributed by atoms with Crippen molar-refractivity contribution < 1.29 is 4.74 Å². The molecule has 0 spiro atoms. The Morgan fingerprint density at radius 2 is 1.88 bits per heavy atom. The molecule has 25 heavy (non-hydrogen) atoms. The summed E-state index contributed by atoms with van der Waals surface area (Å²) in [6.07, 6.45) is 1.73. The lowest BCUT2D eigenvalue weighted by Gasteiger charge is -2.16. The van der Waals surface area contributed by atoms with Crippen LogP contribution in [-0.2, 0) is 18.3 Å². The molecule has 0 bridgehead atoms. The molecule has 2 aromatic rings. The molecule has 0 unspecified atom stereocenters. The standard InChI is InChI=1S/C18H26N4O3/c1-3-11-25-12-7-10-20-15-16(19)22(18(24)21(2)17(15)23)13-14-8-5-4-6-9-14/h4-6,8-9,20H,3,7,10-13,19H2,1-2H3. The van der Waals surface area contributed by atoms with Crippen LogP contribution in [0.25, 0.3) is 0 Å². The summed E-state index contributed by atoms with van der Waals surface area (Å²) >= 11 is 0. The number of nitrogen functional groups attached to an aromatic ring is 1. The Kier molecular flexibility index (Phi) is 6.82. The van der Waals surface area contributed by atoms with Crippen molar-refractivity contribution in [2.45, 2.75) is 26.3 Å². The van der Waals surface area contributed by atoms with E-state index in [0.29, 0.717) is 19.7 Å². The van der Waals surface area contributed by atoms with E-state index in [9.17, 15) is 9.59 Å². The van der Waals surface area contributed by atoms with E-state index >= 15 is 0 Å². The van der Waals surface area contributed by atoms with Crippen LogP contribution in [0.15, 0.2) is 39.9 Å². The lowest BCUT2D eigenvalue weighted by Crippen LogP contribution is -2.41. The van der Waals surface area contributed by atoms with Crippen LogP contribution in [0, 0.1) is 0 Å². The molecule has 7 nitrogen and oxygen atoms in total. The molecule has 7 heteroatoms. The summed E-state index contributed by atoms with van der Waals surface area (Å²) in [4.78, 5) is 24.8. The highest BCUT2D eigenvalue weighted by atomic mass is 16.5. The lowest BCUT2D eigenvalue weighted by atomic mass is 10.2. The van der Waals surface area contributed by atoms with E-state index in [1.54, 1.807) is 0 Å². The number of benzene rings is 1. The Labute approximate surface area is 147 Å². The highest BCUT2D eigenvalue weighted by Gasteiger charge is 2.15. The maximum atomic E-state index is 12.4. The zero-order valence-corrected chi connectivity index (χ0v) is 14.8. The third-order valence-electron chi connectivity index (χ3n) is 3.88. The van der Waals surface area contributed by atoms with Gasteiger partial charge >= 0.3 is 5.69 Å². The van der Waals surface area contributed by atoms with Crippen molar-refractivity contribution in [2.75, 3.05) is 30.8 Å². The normalized spacial score (nSPS) is 10.8. The number of rotatable bonds is 9. The van der Waals surface area contributed by atoms with Crippen LogP contribution in [0.5, 0.6) is 0 Å². The summed E-state index contributed by atoms with van der Waals surface area (Å²) in [5.41, 5.74) is 6.47. The third-order valence-corrected chi connectivity index (χ3v) is 3.88. The van der Waals surface area contributed by atoms with Gasteiger partial charge in [0.1, 0.15) is 11.5 Å². The molecule has 0 fully saturated rings. The summed E-state index contributed by atoms with van der Waals surface area (Å²) in [5.74, 6) is 0.159. The monoisotopic (exact) mass is 346 g/mol. The van der Waals surface area contributed by atoms with Crippen LogP contribution in [0.3, 0.4) is 0 Å². The minimum atomic E-state index is -0.428. The van der Waals surface area contributed by atoms with Crippen LogP contribution in [-0.4, -0.2) is 28.9 Å². The van der Waals surface area contributed by atoms with Gasteiger partial charge < -0.3 is 15.8 Å². The highest BCUT2D eigenvalue weighted by molar-refractivity contribution is 5.60. The number of ether oxygens (including phenoxy) is 1. The van der Waals surface area contributed by atoms with Gasteiger partial charge in [0.25, 0.3) is 5.56 Å². The molecular weight excluding hydrogens is 320 g/mol. The second-order valence-electron chi connectivity index (χ2n) is 5.87. The molecule has 0 saturated heterocycles. The zero-order chi connectivity index (χ0) is 18.2. The fourth-order valence-electron chi connectivity index (χ4n) is 2.50. The first kappa shape index (κ1) is 18.8. The summed E-state index contributed by atoms with van der Waals surface area (Å²) in [6.45, 7) is 4.26. The maximum Gasteiger partial charge on any atom is 0.332 e. The van der Waals surface area contributed by atoms with Gasteiger partial charge in [0.2, 0.25) is 0 Å². The molecule has 0 aliphatic carbocycles. The summed E-state index contributed by atoms with van der Waals surface area (Å²) in [7, 11) is 1.46. The molecule has 0 aliphatic rings. The van der Waals surface area contributed by atoms with Crippen molar-refractivity contribution in [3.05, 3.63) is 56.7 Å². The lowest BCUT2D eigenvalue weighted by molar-refractivity contribution is 0.134. The minimum Gasteiger partial charge on any atom is -0.383 e. The second-order valence-corrected chi connectivity index (χ2v) is 5.87. The number of nitrogens with two attached hydrogens (primary N) is 1. The van der Waals surface area contributed by atoms with Gasteiger partial charge in [-0.1, -0.05) is 37.3 Å². The first-order valence-corrected chi connectivity index (χ1v) is 8.51. The van der Waals surface area contributed by atoms with E-state index < -0.39 is 11.2 Å². The largest absolute Gasteiger partial charge is 0.383 e. The Hall–Kier alpha value is -2.54. The molecule has 2 rings (SSSR count). The number of nitrogens with zero attached hydrogens (tertiary/aromatic N) is 2.